The van der Waals surface area contributed by atoms with E-state index in [1.165, 1.54) is 15.0 Å². The number of hydrogen-bond donors (Lipinski definition) is 3. The van der Waals surface area contributed by atoms with E-state index in [2.05, 4.69) is 10.3 Å². The number of carbonyl (C=O) groups excluding carboxylic acids is 1. The number of aliphatic hydroxyl groups is 1. The van der Waals surface area contributed by atoms with Crippen molar-refractivity contribution in [1.29, 1.82) is 0 Å². The van der Waals surface area contributed by atoms with Crippen molar-refractivity contribution in [2.75, 3.05) is 25.5 Å². The Morgan fingerprint density at radius 1 is 1.46 bits per heavy atom. The van der Waals surface area contributed by atoms with Crippen molar-refractivity contribution in [1.82, 2.24) is 14.7 Å². The van der Waals surface area contributed by atoms with Crippen LogP contribution in [-0.2, 0) is 11.3 Å². The van der Waals surface area contributed by atoms with Gasteiger partial charge in [0.15, 0.2) is 0 Å². The lowest BCUT2D eigenvalue weighted by Gasteiger charge is -2.13. The second kappa shape index (κ2) is 7.53. The van der Waals surface area contributed by atoms with E-state index in [-0.39, 0.29) is 47.5 Å². The highest BCUT2D eigenvalue weighted by Crippen LogP contribution is 2.15. The van der Waals surface area contributed by atoms with E-state index in [9.17, 15) is 14.7 Å². The third kappa shape index (κ3) is 3.19. The Kier molecular flexibility index (Phi) is 4.93. The molecular weight excluding hydrogens is 362 g/mol. The summed E-state index contributed by atoms with van der Waals surface area (Å²) in [5.41, 5.74) is 6.89. The third-order valence-electron chi connectivity index (χ3n) is 4.94. The molecule has 1 saturated heterocycles. The van der Waals surface area contributed by atoms with Crippen molar-refractivity contribution < 1.29 is 19.2 Å². The predicted octanol–water partition coefficient (Wildman–Crippen LogP) is -0.382. The Bertz CT molecular complexity index is 1100. The molecule has 4 rings (SSSR count). The van der Waals surface area contributed by atoms with Crippen LogP contribution in [0, 0.1) is 0 Å². The number of carbonyl (C=O) groups is 1. The molecule has 0 bridgehead atoms. The maximum absolute atomic E-state index is 13.0. The van der Waals surface area contributed by atoms with Crippen molar-refractivity contribution in [3.8, 4) is 0 Å². The maximum atomic E-state index is 13.0. The van der Waals surface area contributed by atoms with Crippen LogP contribution in [0.5, 0.6) is 0 Å². The Hall–Kier alpha value is -3.04. The van der Waals surface area contributed by atoms with E-state index in [4.69, 9.17) is 10.5 Å². The number of rotatable bonds is 5. The molecule has 1 amide bonds. The van der Waals surface area contributed by atoms with Crippen molar-refractivity contribution in [2.45, 2.75) is 25.5 Å². The number of hydrogen-bond acceptors (Lipinski definition) is 6. The average molecular weight is 384 g/mol. The number of pyridine rings is 2. The summed E-state index contributed by atoms with van der Waals surface area (Å²) in [7, 11) is 0. The minimum Gasteiger partial charge on any atom is -0.393 e. The summed E-state index contributed by atoms with van der Waals surface area (Å²) in [6.07, 6.45) is 3.49. The molecule has 4 heterocycles. The van der Waals surface area contributed by atoms with Crippen LogP contribution in [0.2, 0.25) is 0 Å². The standard InChI is InChI=1S/C19H21N5O4/c20-16-13(18(26)21-11-12-4-3-9-28-12)10-14-17(24(16)7-8-25)22-15-5-1-2-6-23(15)19(14)27/h1-2,5-6,10,12,20,25H,3-4,7-9,11H2,(H,21,26)/p+1/t12-/m1/s1. The summed E-state index contributed by atoms with van der Waals surface area (Å²) < 4.78 is 8.44. The van der Waals surface area contributed by atoms with Crippen LogP contribution in [0.25, 0.3) is 16.7 Å². The second-order valence-corrected chi connectivity index (χ2v) is 6.75. The number of amides is 1. The van der Waals surface area contributed by atoms with Gasteiger partial charge in [0.05, 0.1) is 19.3 Å². The number of nitrogen functional groups attached to an aromatic ring is 1. The van der Waals surface area contributed by atoms with Gasteiger partial charge in [-0.25, -0.2) is 4.57 Å². The van der Waals surface area contributed by atoms with Crippen molar-refractivity contribution >= 4 is 28.4 Å². The molecule has 3 aromatic rings. The number of nitrogens with one attached hydrogen (secondary N) is 1. The third-order valence-corrected chi connectivity index (χ3v) is 4.94. The number of aromatic nitrogens is 3. The highest BCUT2D eigenvalue weighted by Gasteiger charge is 2.25. The Morgan fingerprint density at radius 3 is 3.07 bits per heavy atom. The Balaban J connectivity index is 1.83. The lowest BCUT2D eigenvalue weighted by molar-refractivity contribution is -0.660. The maximum Gasteiger partial charge on any atom is 0.278 e. The SMILES string of the molecule is Nc1c(C(=O)NC[C@H]2CCCO2)cc2c(=O)n3ccccc3nc2[n+]1CCO. The zero-order valence-corrected chi connectivity index (χ0v) is 15.3. The van der Waals surface area contributed by atoms with E-state index >= 15 is 0 Å². The van der Waals surface area contributed by atoms with E-state index < -0.39 is 0 Å². The molecule has 9 nitrogen and oxygen atoms in total. The summed E-state index contributed by atoms with van der Waals surface area (Å²) in [6.45, 7) is 0.987. The van der Waals surface area contributed by atoms with Gasteiger partial charge in [-0.2, -0.15) is 0 Å². The first-order chi connectivity index (χ1) is 13.6. The van der Waals surface area contributed by atoms with Gasteiger partial charge in [0, 0.05) is 19.3 Å². The molecule has 1 fully saturated rings. The number of anilines is 1. The minimum atomic E-state index is -0.390. The fourth-order valence-corrected chi connectivity index (χ4v) is 3.52. The highest BCUT2D eigenvalue weighted by atomic mass is 16.5. The summed E-state index contributed by atoms with van der Waals surface area (Å²) in [5.74, 6) is -0.238. The molecule has 3 aromatic heterocycles. The molecule has 0 radical (unpaired) electrons. The van der Waals surface area contributed by atoms with Crippen LogP contribution in [0.1, 0.15) is 23.2 Å². The quantitative estimate of drug-likeness (QED) is 0.407. The first kappa shape index (κ1) is 18.3. The topological polar surface area (TPSA) is 123 Å². The molecular formula is C19H22N5O4+. The van der Waals surface area contributed by atoms with Crippen LogP contribution in [-0.4, -0.2) is 46.3 Å². The second-order valence-electron chi connectivity index (χ2n) is 6.75. The minimum absolute atomic E-state index is 0.00793. The molecule has 4 N–H and O–H groups in total. The smallest absolute Gasteiger partial charge is 0.278 e. The number of fused-ring (bicyclic) bond motifs is 2. The number of ether oxygens (including phenoxy) is 1. The van der Waals surface area contributed by atoms with Gasteiger partial charge in [-0.05, 0) is 31.0 Å². The molecule has 9 heteroatoms. The monoisotopic (exact) mass is 384 g/mol. The van der Waals surface area contributed by atoms with Crippen LogP contribution in [0.15, 0.2) is 35.3 Å². The van der Waals surface area contributed by atoms with Crippen LogP contribution >= 0.6 is 0 Å². The van der Waals surface area contributed by atoms with Gasteiger partial charge in [-0.1, -0.05) is 11.1 Å². The van der Waals surface area contributed by atoms with Gasteiger partial charge >= 0.3 is 0 Å². The van der Waals surface area contributed by atoms with E-state index in [0.29, 0.717) is 24.4 Å². The van der Waals surface area contributed by atoms with Crippen molar-refractivity contribution in [3.05, 3.63) is 46.4 Å². The number of nitrogens with zero attached hydrogens (tertiary/aromatic N) is 3. The zero-order chi connectivity index (χ0) is 19.7. The predicted molar refractivity (Wildman–Crippen MR) is 102 cm³/mol. The van der Waals surface area contributed by atoms with E-state index in [1.807, 2.05) is 0 Å². The molecule has 1 aliphatic rings. The number of nitrogens with two attached hydrogens (primary N) is 1. The van der Waals surface area contributed by atoms with Gasteiger partial charge in [0.1, 0.15) is 10.9 Å². The molecule has 1 aliphatic heterocycles. The molecule has 0 aliphatic carbocycles. The Morgan fingerprint density at radius 2 is 2.32 bits per heavy atom. The van der Waals surface area contributed by atoms with Crippen LogP contribution in [0.4, 0.5) is 5.82 Å². The molecule has 0 spiro atoms. The normalized spacial score (nSPS) is 16.7. The van der Waals surface area contributed by atoms with E-state index in [0.717, 1.165) is 12.8 Å². The average Bonchev–Trinajstić information content (AvgIpc) is 3.22. The summed E-state index contributed by atoms with van der Waals surface area (Å²) in [5, 5.41) is 12.5. The molecule has 1 atom stereocenters. The fraction of sp³-hybridized carbons (Fsp3) is 0.368. The largest absolute Gasteiger partial charge is 0.393 e. The number of aliphatic hydroxyl groups excluding tert-OH is 1. The zero-order valence-electron chi connectivity index (χ0n) is 15.3. The summed E-state index contributed by atoms with van der Waals surface area (Å²) in [6, 6.07) is 6.69. The van der Waals surface area contributed by atoms with Crippen molar-refractivity contribution in [2.24, 2.45) is 0 Å². The first-order valence-electron chi connectivity index (χ1n) is 9.24. The first-order valence-corrected chi connectivity index (χ1v) is 9.24. The van der Waals surface area contributed by atoms with Gasteiger partial charge in [-0.3, -0.25) is 14.0 Å². The van der Waals surface area contributed by atoms with Gasteiger partial charge in [0.25, 0.3) is 17.1 Å². The van der Waals surface area contributed by atoms with Crippen LogP contribution < -0.4 is 21.2 Å². The van der Waals surface area contributed by atoms with Crippen molar-refractivity contribution in [3.63, 3.8) is 0 Å². The fourth-order valence-electron chi connectivity index (χ4n) is 3.52. The molecule has 0 aromatic carbocycles. The molecule has 0 unspecified atom stereocenters. The summed E-state index contributed by atoms with van der Waals surface area (Å²) >= 11 is 0. The molecule has 146 valence electrons. The summed E-state index contributed by atoms with van der Waals surface area (Å²) in [4.78, 5) is 30.2. The van der Waals surface area contributed by atoms with Crippen LogP contribution in [0.3, 0.4) is 0 Å². The molecule has 28 heavy (non-hydrogen) atoms. The molecule has 0 saturated carbocycles. The highest BCUT2D eigenvalue weighted by molar-refractivity contribution is 6.00. The van der Waals surface area contributed by atoms with Gasteiger partial charge in [0.2, 0.25) is 11.5 Å². The van der Waals surface area contributed by atoms with Gasteiger partial charge in [-0.15, -0.1) is 0 Å². The lowest BCUT2D eigenvalue weighted by atomic mass is 10.1. The van der Waals surface area contributed by atoms with E-state index in [1.54, 1.807) is 24.4 Å². The Labute approximate surface area is 160 Å². The van der Waals surface area contributed by atoms with Gasteiger partial charge < -0.3 is 20.9 Å². The lowest BCUT2D eigenvalue weighted by Crippen LogP contribution is -2.44.